The Balaban J connectivity index is 1.46. The SMILES string of the molecule is COC1C(=O)C(C)C[C@H](C)/C=C/C=C/C=C(\C)[C@@H](OC)CC2CC[C@@H](C)[C@@](O)(O2)C(=O)C(=O)N2CCCCC2C(=O)O[C@H]([C@H](C)C[C@@H]2CC[C@H](n3ncnn3)C(OC)C2)CC(=O)[C@H](C)/C=C(\C)[C@H]1O. The van der Waals surface area contributed by atoms with Crippen LogP contribution in [0.15, 0.2) is 53.9 Å². The van der Waals surface area contributed by atoms with E-state index >= 15 is 0 Å². The van der Waals surface area contributed by atoms with Gasteiger partial charge in [0.1, 0.15) is 30.1 Å². The topological polar surface area (TPSA) is 219 Å². The average Bonchev–Trinajstić information content (AvgIpc) is 3.88. The zero-order chi connectivity index (χ0) is 50.6. The van der Waals surface area contributed by atoms with E-state index in [2.05, 4.69) is 15.4 Å². The second-order valence-corrected chi connectivity index (χ2v) is 20.3. The maximum Gasteiger partial charge on any atom is 0.329 e. The van der Waals surface area contributed by atoms with Crippen LogP contribution in [-0.2, 0) is 47.7 Å². The lowest BCUT2D eigenvalue weighted by molar-refractivity contribution is -0.265. The lowest BCUT2D eigenvalue weighted by atomic mass is 9.77. The number of fused-ring (bicyclic) bond motifs is 3. The molecule has 5 rings (SSSR count). The van der Waals surface area contributed by atoms with Gasteiger partial charge in [-0.3, -0.25) is 19.2 Å². The van der Waals surface area contributed by atoms with Crippen molar-refractivity contribution in [3.05, 3.63) is 53.9 Å². The number of ether oxygens (including phenoxy) is 5. The molecule has 3 fully saturated rings. The molecule has 17 nitrogen and oxygen atoms in total. The quantitative estimate of drug-likeness (QED) is 0.181. The number of cyclic esters (lactones) is 1. The van der Waals surface area contributed by atoms with Gasteiger partial charge >= 0.3 is 5.97 Å². The predicted octanol–water partition coefficient (Wildman–Crippen LogP) is 6.05. The number of aromatic nitrogens is 4. The molecule has 1 aliphatic carbocycles. The van der Waals surface area contributed by atoms with Gasteiger partial charge in [0.25, 0.3) is 11.7 Å². The van der Waals surface area contributed by atoms with Crippen molar-refractivity contribution in [1.29, 1.82) is 0 Å². The number of ketones is 3. The molecule has 15 atom stereocenters. The largest absolute Gasteiger partial charge is 0.460 e. The Morgan fingerprint density at radius 1 is 0.884 bits per heavy atom. The van der Waals surface area contributed by atoms with Gasteiger partial charge in [-0.25, -0.2) is 4.79 Å². The first-order valence-electron chi connectivity index (χ1n) is 25.0. The predicted molar refractivity (Wildman–Crippen MR) is 256 cm³/mol. The van der Waals surface area contributed by atoms with Gasteiger partial charge in [0, 0.05) is 58.5 Å². The van der Waals surface area contributed by atoms with Crippen molar-refractivity contribution >= 4 is 29.2 Å². The van der Waals surface area contributed by atoms with E-state index in [-0.39, 0.29) is 60.9 Å². The van der Waals surface area contributed by atoms with E-state index in [0.717, 1.165) is 18.4 Å². The molecule has 1 amide bonds. The fourth-order valence-electron chi connectivity index (χ4n) is 10.7. The Kier molecular flexibility index (Phi) is 20.8. The Labute approximate surface area is 408 Å². The van der Waals surface area contributed by atoms with E-state index in [1.165, 1.54) is 18.3 Å². The molecule has 384 valence electrons. The third-order valence-electron chi connectivity index (χ3n) is 15.1. The molecule has 69 heavy (non-hydrogen) atoms. The zero-order valence-corrected chi connectivity index (χ0v) is 42.5. The van der Waals surface area contributed by atoms with Crippen molar-refractivity contribution in [2.75, 3.05) is 27.9 Å². The number of methoxy groups -OCH3 is 3. The molecule has 1 aromatic rings. The number of esters is 1. The van der Waals surface area contributed by atoms with E-state index in [9.17, 15) is 34.2 Å². The van der Waals surface area contributed by atoms with Gasteiger partial charge in [-0.1, -0.05) is 71.1 Å². The molecule has 5 unspecified atom stereocenters. The highest BCUT2D eigenvalue weighted by Crippen LogP contribution is 2.39. The van der Waals surface area contributed by atoms with Gasteiger partial charge in [-0.2, -0.15) is 4.80 Å². The molecule has 2 saturated heterocycles. The minimum Gasteiger partial charge on any atom is -0.460 e. The zero-order valence-electron chi connectivity index (χ0n) is 42.5. The summed E-state index contributed by atoms with van der Waals surface area (Å²) in [6.45, 7) is 12.8. The number of Topliss-reactive ketones (excluding diaryl/α,β-unsaturated/α-hetero) is 3. The number of amides is 1. The van der Waals surface area contributed by atoms with Crippen molar-refractivity contribution in [1.82, 2.24) is 25.1 Å². The molecule has 0 radical (unpaired) electrons. The molecule has 2 bridgehead atoms. The van der Waals surface area contributed by atoms with Gasteiger partial charge in [-0.05, 0) is 112 Å². The molecule has 0 aromatic carbocycles. The number of hydrogen-bond acceptors (Lipinski definition) is 15. The third kappa shape index (κ3) is 14.2. The van der Waals surface area contributed by atoms with Crippen LogP contribution in [0.25, 0.3) is 0 Å². The Hall–Kier alpha value is -4.26. The smallest absolute Gasteiger partial charge is 0.329 e. The first-order valence-corrected chi connectivity index (χ1v) is 25.0. The summed E-state index contributed by atoms with van der Waals surface area (Å²) >= 11 is 0. The van der Waals surface area contributed by atoms with Crippen LogP contribution in [0.3, 0.4) is 0 Å². The maximum atomic E-state index is 14.5. The van der Waals surface area contributed by atoms with Crippen LogP contribution in [0.2, 0.25) is 0 Å². The molecule has 4 aliphatic rings. The van der Waals surface area contributed by atoms with Gasteiger partial charge in [0.15, 0.2) is 12.1 Å². The van der Waals surface area contributed by atoms with Crippen LogP contribution in [0.4, 0.5) is 0 Å². The highest BCUT2D eigenvalue weighted by Gasteiger charge is 2.53. The van der Waals surface area contributed by atoms with Gasteiger partial charge in [0.2, 0.25) is 5.79 Å². The minimum atomic E-state index is -2.43. The summed E-state index contributed by atoms with van der Waals surface area (Å²) in [5.74, 6) is -7.94. The van der Waals surface area contributed by atoms with Crippen molar-refractivity contribution in [2.45, 2.75) is 180 Å². The first kappa shape index (κ1) is 55.7. The fraction of sp³-hybridized carbons (Fsp3) is 0.731. The molecule has 1 aromatic heterocycles. The van der Waals surface area contributed by atoms with E-state index in [1.807, 2.05) is 58.1 Å². The minimum absolute atomic E-state index is 0.0168. The molecule has 17 heteroatoms. The summed E-state index contributed by atoms with van der Waals surface area (Å²) in [5.41, 5.74) is 1.27. The molecule has 3 aliphatic heterocycles. The van der Waals surface area contributed by atoms with E-state index in [1.54, 1.807) is 45.9 Å². The first-order chi connectivity index (χ1) is 32.8. The van der Waals surface area contributed by atoms with Crippen LogP contribution in [0.1, 0.15) is 132 Å². The maximum absolute atomic E-state index is 14.5. The Morgan fingerprint density at radius 2 is 1.64 bits per heavy atom. The summed E-state index contributed by atoms with van der Waals surface area (Å²) in [5, 5.41) is 35.7. The van der Waals surface area contributed by atoms with E-state index < -0.39 is 77.8 Å². The lowest BCUT2D eigenvalue weighted by Gasteiger charge is -2.42. The van der Waals surface area contributed by atoms with Crippen LogP contribution < -0.4 is 0 Å². The highest BCUT2D eigenvalue weighted by atomic mass is 16.6. The molecule has 4 heterocycles. The molecule has 0 spiro atoms. The normalized spacial score (nSPS) is 38.8. The summed E-state index contributed by atoms with van der Waals surface area (Å²) in [6.07, 6.45) is 13.7. The summed E-state index contributed by atoms with van der Waals surface area (Å²) in [4.78, 5) is 73.9. The Morgan fingerprint density at radius 3 is 2.32 bits per heavy atom. The van der Waals surface area contributed by atoms with Crippen molar-refractivity contribution in [3.8, 4) is 0 Å². The second-order valence-electron chi connectivity index (χ2n) is 20.3. The summed E-state index contributed by atoms with van der Waals surface area (Å²) in [7, 11) is 4.61. The summed E-state index contributed by atoms with van der Waals surface area (Å²) in [6, 6.07) is -1.24. The Bertz CT molecular complexity index is 2020. The molecular formula is C52H79N5O12. The van der Waals surface area contributed by atoms with Crippen molar-refractivity contribution in [2.24, 2.45) is 35.5 Å². The fourth-order valence-corrected chi connectivity index (χ4v) is 10.7. The summed E-state index contributed by atoms with van der Waals surface area (Å²) < 4.78 is 29.9. The van der Waals surface area contributed by atoms with Gasteiger partial charge in [0.05, 0.1) is 24.4 Å². The monoisotopic (exact) mass is 966 g/mol. The van der Waals surface area contributed by atoms with Gasteiger partial charge < -0.3 is 38.8 Å². The molecule has 2 N–H and O–H groups in total. The number of piperidine rings is 1. The molecular weight excluding hydrogens is 887 g/mol. The van der Waals surface area contributed by atoms with Gasteiger partial charge in [-0.15, -0.1) is 10.2 Å². The second kappa shape index (κ2) is 25.7. The highest BCUT2D eigenvalue weighted by molar-refractivity contribution is 6.39. The number of aliphatic hydroxyl groups excluding tert-OH is 1. The number of nitrogens with zero attached hydrogens (tertiary/aromatic N) is 5. The van der Waals surface area contributed by atoms with Crippen molar-refractivity contribution < 1.29 is 57.9 Å². The number of carbonyl (C=O) groups is 5. The van der Waals surface area contributed by atoms with Crippen LogP contribution in [-0.4, -0.2) is 141 Å². The number of tetrazole rings is 1. The van der Waals surface area contributed by atoms with Crippen molar-refractivity contribution in [3.63, 3.8) is 0 Å². The lowest BCUT2D eigenvalue weighted by Crippen LogP contribution is -2.61. The number of rotatable bonds is 7. The standard InChI is InChI=1S/C52H79N5O12/c1-31-16-12-11-13-17-32(2)43(65-8)28-39-21-19-37(7)52(64,69-39)49(61)50(62)56-23-15-14-18-41(56)51(63)68-44(34(4)26-38-20-22-40(45(27-38)66-9)57-54-30-53-55-57)29-42(58)33(3)25-36(6)47(60)48(67-10)46(59)35(5)24-31/h11-13,16-17,25,30-31,33-35,37-41,43-45,47-48,60,64H,14-15,18-24,26-29H2,1-10H3/b13-11+,16-12+,32-17+,36-25+/t31-,33-,34-,35?,37-,38+,39?,40+,41?,43+,44+,45?,47-,48?,52-/m1/s1. The number of allylic oxidation sites excluding steroid dienone is 6. The van der Waals surface area contributed by atoms with E-state index in [0.29, 0.717) is 56.9 Å². The molecule has 1 saturated carbocycles. The third-order valence-corrected chi connectivity index (χ3v) is 15.1. The number of aliphatic hydroxyl groups is 2. The number of hydrogen-bond donors (Lipinski definition) is 2. The number of carbonyl (C=O) groups excluding carboxylic acids is 5. The van der Waals surface area contributed by atoms with Crippen LogP contribution >= 0.6 is 0 Å². The van der Waals surface area contributed by atoms with Crippen LogP contribution in [0.5, 0.6) is 0 Å². The average molecular weight is 966 g/mol. The van der Waals surface area contributed by atoms with Crippen LogP contribution in [0, 0.1) is 35.5 Å². The van der Waals surface area contributed by atoms with E-state index in [4.69, 9.17) is 23.7 Å².